The highest BCUT2D eigenvalue weighted by molar-refractivity contribution is 5.97. The molecule has 0 saturated carbocycles. The number of hydrogen-bond donors (Lipinski definition) is 7. The number of nitrogens with two attached hydrogens (primary N) is 1. The van der Waals surface area contributed by atoms with E-state index in [1.807, 2.05) is 6.92 Å². The summed E-state index contributed by atoms with van der Waals surface area (Å²) in [5, 5.41) is 22.6. The lowest BCUT2D eigenvalue weighted by atomic mass is 9.95. The van der Waals surface area contributed by atoms with Gasteiger partial charge in [-0.2, -0.15) is 0 Å². The number of rotatable bonds is 24. The Balaban J connectivity index is 3.34. The topological polar surface area (TPSA) is 229 Å². The van der Waals surface area contributed by atoms with Crippen LogP contribution in [0.25, 0.3) is 0 Å². The molecule has 0 fully saturated rings. The number of carbonyl (C=O) groups is 7. The van der Waals surface area contributed by atoms with Crippen molar-refractivity contribution in [1.82, 2.24) is 31.5 Å². The van der Waals surface area contributed by atoms with Crippen molar-refractivity contribution in [2.75, 3.05) is 19.6 Å². The summed E-state index contributed by atoms with van der Waals surface area (Å²) in [6.07, 6.45) is -0.121. The highest BCUT2D eigenvalue weighted by Crippen LogP contribution is 2.13. The van der Waals surface area contributed by atoms with Gasteiger partial charge in [-0.25, -0.2) is 4.79 Å². The van der Waals surface area contributed by atoms with Gasteiger partial charge in [-0.3, -0.25) is 33.7 Å². The number of carboxylic acids is 1. The predicted molar refractivity (Wildman–Crippen MR) is 202 cm³/mol. The van der Waals surface area contributed by atoms with Gasteiger partial charge in [0.15, 0.2) is 0 Å². The van der Waals surface area contributed by atoms with E-state index < -0.39 is 78.1 Å². The zero-order valence-corrected chi connectivity index (χ0v) is 32.9. The van der Waals surface area contributed by atoms with Crippen LogP contribution in [0.1, 0.15) is 87.1 Å². The third kappa shape index (κ3) is 17.2. The molecule has 0 saturated heterocycles. The second kappa shape index (κ2) is 23.2. The van der Waals surface area contributed by atoms with Crippen LogP contribution in [0.15, 0.2) is 30.3 Å². The molecule has 0 spiro atoms. The number of hydrogen-bond acceptors (Lipinski definition) is 8. The van der Waals surface area contributed by atoms with Gasteiger partial charge in [-0.1, -0.05) is 99.1 Å². The molecule has 1 aromatic carbocycles. The quantitative estimate of drug-likeness (QED) is 0.0809. The lowest BCUT2D eigenvalue weighted by molar-refractivity contribution is -0.142. The summed E-state index contributed by atoms with van der Waals surface area (Å²) in [5.74, 6) is -5.56. The average Bonchev–Trinajstić information content (AvgIpc) is 3.06. The fraction of sp³-hybridized carbons (Fsp3) is 0.658. The van der Waals surface area contributed by atoms with E-state index >= 15 is 0 Å². The summed E-state index contributed by atoms with van der Waals surface area (Å²) in [5.41, 5.74) is 6.02. The molecule has 8 N–H and O–H groups in total. The smallest absolute Gasteiger partial charge is 0.326 e. The fourth-order valence-corrected chi connectivity index (χ4v) is 5.75. The summed E-state index contributed by atoms with van der Waals surface area (Å²) in [7, 11) is 0. The van der Waals surface area contributed by atoms with E-state index in [4.69, 9.17) is 5.73 Å². The molecule has 0 aliphatic carbocycles. The van der Waals surface area contributed by atoms with Gasteiger partial charge in [0.1, 0.15) is 30.2 Å². The van der Waals surface area contributed by atoms with Crippen LogP contribution in [-0.4, -0.2) is 101 Å². The Morgan fingerprint density at radius 3 is 1.64 bits per heavy atom. The second-order valence-electron chi connectivity index (χ2n) is 14.9. The molecule has 1 unspecified atom stereocenters. The second-order valence-corrected chi connectivity index (χ2v) is 14.9. The van der Waals surface area contributed by atoms with Crippen molar-refractivity contribution < 1.29 is 38.7 Å². The van der Waals surface area contributed by atoms with Crippen molar-refractivity contribution in [1.29, 1.82) is 0 Å². The number of carboxylic acid groups (broad SMARTS) is 1. The van der Waals surface area contributed by atoms with Crippen molar-refractivity contribution in [2.24, 2.45) is 29.4 Å². The summed E-state index contributed by atoms with van der Waals surface area (Å²) >= 11 is 0. The molecule has 0 heterocycles. The molecule has 0 aliphatic rings. The van der Waals surface area contributed by atoms with Crippen LogP contribution in [0, 0.1) is 23.7 Å². The third-order valence-corrected chi connectivity index (χ3v) is 8.65. The first-order valence-electron chi connectivity index (χ1n) is 18.6. The van der Waals surface area contributed by atoms with Gasteiger partial charge in [0, 0.05) is 19.5 Å². The molecule has 53 heavy (non-hydrogen) atoms. The van der Waals surface area contributed by atoms with Crippen molar-refractivity contribution >= 4 is 41.4 Å². The Morgan fingerprint density at radius 1 is 0.660 bits per heavy atom. The molecule has 298 valence electrons. The first-order chi connectivity index (χ1) is 24.8. The standard InChI is InChI=1S/C38H63N7O8/c1-10-25(9)33(44-36(50)32(24(7)8)43-31(47)21-45(19-22(3)4)20-23(5)6)37(51)42-28(17-26-15-13-12-14-16-26)34(48)41-29(18-30(39)46)35(49)40-27(11-2)38(52)53/h12-16,22-25,27-29,32-33H,10-11,17-21H2,1-9H3,(H2,39,46)(H,40,49)(H,41,48)(H,42,51)(H,43,47)(H,44,50)(H,52,53)/t25-,27?,28-,29-,32-,33-/m0/s1. The molecular formula is C38H63N7O8. The van der Waals surface area contributed by atoms with Gasteiger partial charge in [0.2, 0.25) is 35.4 Å². The Labute approximate surface area is 314 Å². The molecular weight excluding hydrogens is 682 g/mol. The van der Waals surface area contributed by atoms with Crippen LogP contribution in [-0.2, 0) is 40.0 Å². The Morgan fingerprint density at radius 2 is 1.17 bits per heavy atom. The van der Waals surface area contributed by atoms with Crippen LogP contribution in [0.3, 0.4) is 0 Å². The summed E-state index contributed by atoms with van der Waals surface area (Å²) < 4.78 is 0. The van der Waals surface area contributed by atoms with Crippen LogP contribution >= 0.6 is 0 Å². The van der Waals surface area contributed by atoms with Gasteiger partial charge < -0.3 is 37.4 Å². The van der Waals surface area contributed by atoms with Gasteiger partial charge in [-0.05, 0) is 35.7 Å². The zero-order chi connectivity index (χ0) is 40.4. The highest BCUT2D eigenvalue weighted by atomic mass is 16.4. The Bertz CT molecular complexity index is 1360. The fourth-order valence-electron chi connectivity index (χ4n) is 5.75. The van der Waals surface area contributed by atoms with Crippen molar-refractivity contribution in [3.8, 4) is 0 Å². The SMILES string of the molecule is CCC(NC(=O)[C@H](CC(N)=O)NC(=O)[C@H](Cc1ccccc1)NC(=O)[C@@H](NC(=O)[C@@H](NC(=O)CN(CC(C)C)CC(C)C)C(C)C)[C@@H](C)CC)C(=O)O. The zero-order valence-electron chi connectivity index (χ0n) is 32.9. The van der Waals surface area contributed by atoms with Gasteiger partial charge in [0.05, 0.1) is 13.0 Å². The van der Waals surface area contributed by atoms with Crippen molar-refractivity contribution in [3.05, 3.63) is 35.9 Å². The molecule has 0 radical (unpaired) electrons. The number of benzene rings is 1. The van der Waals surface area contributed by atoms with Gasteiger partial charge in [0.25, 0.3) is 0 Å². The van der Waals surface area contributed by atoms with Crippen LogP contribution in [0.5, 0.6) is 0 Å². The first kappa shape index (κ1) is 46.5. The number of amides is 6. The first-order valence-corrected chi connectivity index (χ1v) is 18.6. The van der Waals surface area contributed by atoms with E-state index in [0.29, 0.717) is 36.9 Å². The van der Waals surface area contributed by atoms with Crippen molar-refractivity contribution in [3.63, 3.8) is 0 Å². The van der Waals surface area contributed by atoms with E-state index in [9.17, 15) is 38.7 Å². The Kier molecular flexibility index (Phi) is 20.4. The summed E-state index contributed by atoms with van der Waals surface area (Å²) in [6.45, 7) is 18.6. The van der Waals surface area contributed by atoms with E-state index in [2.05, 4.69) is 59.2 Å². The minimum atomic E-state index is -1.53. The maximum absolute atomic E-state index is 14.0. The van der Waals surface area contributed by atoms with Crippen LogP contribution in [0.4, 0.5) is 0 Å². The van der Waals surface area contributed by atoms with Crippen molar-refractivity contribution in [2.45, 2.75) is 118 Å². The molecule has 6 atom stereocenters. The van der Waals surface area contributed by atoms with E-state index in [0.717, 1.165) is 0 Å². The number of carbonyl (C=O) groups excluding carboxylic acids is 6. The van der Waals surface area contributed by atoms with Crippen LogP contribution in [0.2, 0.25) is 0 Å². The maximum Gasteiger partial charge on any atom is 0.326 e. The maximum atomic E-state index is 14.0. The lowest BCUT2D eigenvalue weighted by Crippen LogP contribution is -2.61. The molecule has 15 heteroatoms. The van der Waals surface area contributed by atoms with E-state index in [1.165, 1.54) is 0 Å². The number of nitrogens with one attached hydrogen (secondary N) is 5. The molecule has 0 bridgehead atoms. The molecule has 1 rings (SSSR count). The minimum Gasteiger partial charge on any atom is -0.480 e. The average molecular weight is 746 g/mol. The largest absolute Gasteiger partial charge is 0.480 e. The Hall–Kier alpha value is -4.53. The molecule has 0 aliphatic heterocycles. The van der Waals surface area contributed by atoms with E-state index in [-0.39, 0.29) is 31.2 Å². The van der Waals surface area contributed by atoms with Gasteiger partial charge in [-0.15, -0.1) is 0 Å². The molecule has 6 amide bonds. The molecule has 15 nitrogen and oxygen atoms in total. The van der Waals surface area contributed by atoms with Gasteiger partial charge >= 0.3 is 5.97 Å². The lowest BCUT2D eigenvalue weighted by Gasteiger charge is -2.30. The van der Waals surface area contributed by atoms with Crippen LogP contribution < -0.4 is 32.3 Å². The predicted octanol–water partition coefficient (Wildman–Crippen LogP) is 1.34. The number of nitrogens with zero attached hydrogens (tertiary/aromatic N) is 1. The minimum absolute atomic E-state index is 0.0227. The van der Waals surface area contributed by atoms with E-state index in [1.54, 1.807) is 58.0 Å². The summed E-state index contributed by atoms with van der Waals surface area (Å²) in [6, 6.07) is 2.62. The molecule has 0 aromatic heterocycles. The number of aliphatic carboxylic acids is 1. The third-order valence-electron chi connectivity index (χ3n) is 8.65. The number of primary amides is 1. The summed E-state index contributed by atoms with van der Waals surface area (Å²) in [4.78, 5) is 93.2. The monoisotopic (exact) mass is 745 g/mol. The molecule has 1 aromatic rings. The normalized spacial score (nSPS) is 14.8. The highest BCUT2D eigenvalue weighted by Gasteiger charge is 2.35.